The van der Waals surface area contributed by atoms with E-state index in [1.165, 1.54) is 0 Å². The van der Waals surface area contributed by atoms with E-state index in [1.807, 2.05) is 0 Å². The highest BCUT2D eigenvalue weighted by Crippen LogP contribution is 1.90. The first-order valence-electron chi connectivity index (χ1n) is 5.25. The van der Waals surface area contributed by atoms with E-state index in [-0.39, 0.29) is 13.2 Å². The van der Waals surface area contributed by atoms with Gasteiger partial charge in [-0.2, -0.15) is 0 Å². The number of nitrogens with one attached hydrogen (secondary N) is 1. The lowest BCUT2D eigenvalue weighted by atomic mass is 10.3. The van der Waals surface area contributed by atoms with Crippen LogP contribution >= 0.6 is 0 Å². The summed E-state index contributed by atoms with van der Waals surface area (Å²) in [5.74, 6) is -0.979. The number of likely N-dealkylation sites (N-methyl/N-ethyl adjacent to an activating group) is 1. The van der Waals surface area contributed by atoms with E-state index in [4.69, 9.17) is 4.74 Å². The Labute approximate surface area is 101 Å². The van der Waals surface area contributed by atoms with Crippen LogP contribution in [0.1, 0.15) is 6.92 Å². The number of ether oxygens (including phenoxy) is 1. The van der Waals surface area contributed by atoms with Gasteiger partial charge < -0.3 is 20.1 Å². The third-order valence-electron chi connectivity index (χ3n) is 1.79. The van der Waals surface area contributed by atoms with E-state index in [9.17, 15) is 14.7 Å². The molecule has 0 heterocycles. The number of esters is 1. The van der Waals surface area contributed by atoms with Crippen molar-refractivity contribution in [1.29, 1.82) is 0 Å². The number of hydrogen-bond donors (Lipinski definition) is 2. The van der Waals surface area contributed by atoms with Gasteiger partial charge in [-0.05, 0) is 21.0 Å². The van der Waals surface area contributed by atoms with Gasteiger partial charge in [-0.1, -0.05) is 6.58 Å². The summed E-state index contributed by atoms with van der Waals surface area (Å²) in [6.45, 7) is 5.08. The van der Waals surface area contributed by atoms with Gasteiger partial charge in [0.15, 0.2) is 0 Å². The molecule has 1 atom stereocenters. The molecular formula is C11H20N2O4. The SMILES string of the molecule is C=C(C)C(=O)NCC(=O)OCC(O)CN(C)C. The Bertz CT molecular complexity index is 289. The molecule has 1 amide bonds. The van der Waals surface area contributed by atoms with Crippen molar-refractivity contribution in [3.63, 3.8) is 0 Å². The van der Waals surface area contributed by atoms with Crippen LogP contribution in [-0.2, 0) is 14.3 Å². The van der Waals surface area contributed by atoms with Gasteiger partial charge >= 0.3 is 5.97 Å². The molecule has 0 aromatic rings. The maximum Gasteiger partial charge on any atom is 0.325 e. The average Bonchev–Trinajstić information content (AvgIpc) is 2.21. The van der Waals surface area contributed by atoms with E-state index >= 15 is 0 Å². The quantitative estimate of drug-likeness (QED) is 0.450. The Morgan fingerprint density at radius 3 is 2.53 bits per heavy atom. The molecule has 0 rings (SSSR count). The summed E-state index contributed by atoms with van der Waals surface area (Å²) in [4.78, 5) is 24.0. The second-order valence-electron chi connectivity index (χ2n) is 4.06. The number of carbonyl (C=O) groups excluding carboxylic acids is 2. The predicted octanol–water partition coefficient (Wildman–Crippen LogP) is -0.856. The molecule has 0 spiro atoms. The fraction of sp³-hybridized carbons (Fsp3) is 0.636. The predicted molar refractivity (Wildman–Crippen MR) is 63.3 cm³/mol. The van der Waals surface area contributed by atoms with E-state index in [0.29, 0.717) is 12.1 Å². The van der Waals surface area contributed by atoms with E-state index in [0.717, 1.165) is 0 Å². The molecule has 0 saturated heterocycles. The average molecular weight is 244 g/mol. The molecule has 0 fully saturated rings. The van der Waals surface area contributed by atoms with E-state index in [2.05, 4.69) is 11.9 Å². The topological polar surface area (TPSA) is 78.9 Å². The second kappa shape index (κ2) is 7.81. The van der Waals surface area contributed by atoms with Crippen LogP contribution in [0.2, 0.25) is 0 Å². The minimum atomic E-state index is -0.731. The van der Waals surface area contributed by atoms with E-state index in [1.54, 1.807) is 25.9 Å². The van der Waals surface area contributed by atoms with Crippen molar-refractivity contribution in [2.24, 2.45) is 0 Å². The molecule has 6 heteroatoms. The third kappa shape index (κ3) is 8.41. The summed E-state index contributed by atoms with van der Waals surface area (Å²) < 4.78 is 4.77. The number of rotatable bonds is 7. The van der Waals surface area contributed by atoms with Crippen LogP contribution < -0.4 is 5.32 Å². The van der Waals surface area contributed by atoms with Crippen LogP contribution in [0.25, 0.3) is 0 Å². The molecule has 0 aliphatic heterocycles. The monoisotopic (exact) mass is 244 g/mol. The highest BCUT2D eigenvalue weighted by molar-refractivity contribution is 5.94. The highest BCUT2D eigenvalue weighted by Gasteiger charge is 2.10. The minimum absolute atomic E-state index is 0.0834. The van der Waals surface area contributed by atoms with Crippen LogP contribution in [0, 0.1) is 0 Å². The fourth-order valence-corrected chi connectivity index (χ4v) is 1.02. The van der Waals surface area contributed by atoms with Crippen molar-refractivity contribution < 1.29 is 19.4 Å². The summed E-state index contributed by atoms with van der Waals surface area (Å²) in [7, 11) is 3.61. The Morgan fingerprint density at radius 1 is 1.47 bits per heavy atom. The lowest BCUT2D eigenvalue weighted by Crippen LogP contribution is -2.34. The number of nitrogens with zero attached hydrogens (tertiary/aromatic N) is 1. The molecule has 0 radical (unpaired) electrons. The first kappa shape index (κ1) is 15.6. The van der Waals surface area contributed by atoms with Crippen LogP contribution in [0.5, 0.6) is 0 Å². The van der Waals surface area contributed by atoms with Crippen molar-refractivity contribution in [3.8, 4) is 0 Å². The van der Waals surface area contributed by atoms with Crippen LogP contribution in [0.15, 0.2) is 12.2 Å². The molecule has 17 heavy (non-hydrogen) atoms. The Morgan fingerprint density at radius 2 is 2.06 bits per heavy atom. The lowest BCUT2D eigenvalue weighted by Gasteiger charge is -2.15. The van der Waals surface area contributed by atoms with Gasteiger partial charge in [0, 0.05) is 12.1 Å². The Balaban J connectivity index is 3.73. The molecule has 6 nitrogen and oxygen atoms in total. The molecule has 98 valence electrons. The largest absolute Gasteiger partial charge is 0.462 e. The van der Waals surface area contributed by atoms with Gasteiger partial charge in [-0.3, -0.25) is 9.59 Å². The third-order valence-corrected chi connectivity index (χ3v) is 1.79. The molecule has 0 aliphatic carbocycles. The number of aliphatic hydroxyl groups excluding tert-OH is 1. The molecule has 0 saturated carbocycles. The second-order valence-corrected chi connectivity index (χ2v) is 4.06. The standard InChI is InChI=1S/C11H20N2O4/c1-8(2)11(16)12-5-10(15)17-7-9(14)6-13(3)4/h9,14H,1,5-7H2,2-4H3,(H,12,16). The molecule has 0 aromatic carbocycles. The molecule has 0 aliphatic rings. The van der Waals surface area contributed by atoms with Gasteiger partial charge in [0.05, 0.1) is 0 Å². The van der Waals surface area contributed by atoms with Crippen molar-refractivity contribution in [1.82, 2.24) is 10.2 Å². The molecular weight excluding hydrogens is 224 g/mol. The summed E-state index contributed by atoms with van der Waals surface area (Å²) in [6, 6.07) is 0. The molecule has 2 N–H and O–H groups in total. The first-order valence-corrected chi connectivity index (χ1v) is 5.25. The zero-order valence-corrected chi connectivity index (χ0v) is 10.5. The summed E-state index contributed by atoms with van der Waals surface area (Å²) in [5, 5.41) is 11.8. The smallest absolute Gasteiger partial charge is 0.325 e. The minimum Gasteiger partial charge on any atom is -0.462 e. The summed E-state index contributed by atoms with van der Waals surface area (Å²) >= 11 is 0. The van der Waals surface area contributed by atoms with Gasteiger partial charge in [0.1, 0.15) is 19.3 Å². The number of carbonyl (C=O) groups is 2. The number of amides is 1. The molecule has 1 unspecified atom stereocenters. The fourth-order valence-electron chi connectivity index (χ4n) is 1.02. The van der Waals surface area contributed by atoms with E-state index < -0.39 is 18.0 Å². The van der Waals surface area contributed by atoms with Gasteiger partial charge in [0.25, 0.3) is 0 Å². The highest BCUT2D eigenvalue weighted by atomic mass is 16.5. The van der Waals surface area contributed by atoms with Gasteiger partial charge in [-0.25, -0.2) is 0 Å². The normalized spacial score (nSPS) is 12.1. The van der Waals surface area contributed by atoms with Gasteiger partial charge in [-0.15, -0.1) is 0 Å². The maximum atomic E-state index is 11.2. The van der Waals surface area contributed by atoms with Crippen LogP contribution in [0.4, 0.5) is 0 Å². The maximum absolute atomic E-state index is 11.2. The van der Waals surface area contributed by atoms with Crippen molar-refractivity contribution in [2.45, 2.75) is 13.0 Å². The zero-order valence-electron chi connectivity index (χ0n) is 10.5. The lowest BCUT2D eigenvalue weighted by molar-refractivity contribution is -0.146. The number of hydrogen-bond acceptors (Lipinski definition) is 5. The first-order chi connectivity index (χ1) is 7.82. The summed E-state index contributed by atoms with van der Waals surface area (Å²) in [5.41, 5.74) is 0.324. The molecule has 0 aromatic heterocycles. The summed E-state index contributed by atoms with van der Waals surface area (Å²) in [6.07, 6.45) is -0.731. The molecule has 0 bridgehead atoms. The Kier molecular flexibility index (Phi) is 7.16. The van der Waals surface area contributed by atoms with Crippen molar-refractivity contribution in [3.05, 3.63) is 12.2 Å². The Hall–Kier alpha value is -1.40. The van der Waals surface area contributed by atoms with Gasteiger partial charge in [0.2, 0.25) is 5.91 Å². The van der Waals surface area contributed by atoms with Crippen molar-refractivity contribution in [2.75, 3.05) is 33.8 Å². The number of aliphatic hydroxyl groups is 1. The zero-order chi connectivity index (χ0) is 13.4. The van der Waals surface area contributed by atoms with Crippen LogP contribution in [0.3, 0.4) is 0 Å². The van der Waals surface area contributed by atoms with Crippen molar-refractivity contribution >= 4 is 11.9 Å². The van der Waals surface area contributed by atoms with Crippen LogP contribution in [-0.4, -0.2) is 61.8 Å².